The molecule has 0 heterocycles. The van der Waals surface area contributed by atoms with Crippen LogP contribution in [-0.4, -0.2) is 6.54 Å². The van der Waals surface area contributed by atoms with E-state index in [2.05, 4.69) is 35.6 Å². The Morgan fingerprint density at radius 1 is 1.12 bits per heavy atom. The fourth-order valence-corrected chi connectivity index (χ4v) is 1.70. The summed E-state index contributed by atoms with van der Waals surface area (Å²) in [4.78, 5) is 0. The summed E-state index contributed by atoms with van der Waals surface area (Å²) in [7, 11) is 0. The van der Waals surface area contributed by atoms with Gasteiger partial charge in [-0.25, -0.2) is 0 Å². The maximum atomic E-state index is 5.88. The summed E-state index contributed by atoms with van der Waals surface area (Å²) < 4.78 is 0. The Balaban J connectivity index is 1.85. The predicted octanol–water partition coefficient (Wildman–Crippen LogP) is 3.79. The van der Waals surface area contributed by atoms with Gasteiger partial charge in [-0.15, -0.1) is 0 Å². The standard InChI is InChI=1S/C14H13ClN/c15-13-7-4-8-14(11-13)16-10-9-12-5-2-1-3-6-12/h1-7,11,16H,9-10H2. The molecule has 2 aromatic rings. The first-order valence-electron chi connectivity index (χ1n) is 5.29. The van der Waals surface area contributed by atoms with Crippen LogP contribution in [0.1, 0.15) is 5.56 Å². The molecule has 0 fully saturated rings. The van der Waals surface area contributed by atoms with Crippen molar-refractivity contribution in [3.05, 3.63) is 65.2 Å². The van der Waals surface area contributed by atoms with Crippen molar-refractivity contribution < 1.29 is 0 Å². The highest BCUT2D eigenvalue weighted by molar-refractivity contribution is 6.30. The zero-order valence-corrected chi connectivity index (χ0v) is 9.67. The molecule has 1 radical (unpaired) electrons. The molecule has 0 unspecified atom stereocenters. The first kappa shape index (κ1) is 11.0. The number of hydrogen-bond donors (Lipinski definition) is 1. The average molecular weight is 231 g/mol. The van der Waals surface area contributed by atoms with Gasteiger partial charge in [-0.1, -0.05) is 48.0 Å². The van der Waals surface area contributed by atoms with Crippen molar-refractivity contribution in [1.29, 1.82) is 0 Å². The largest absolute Gasteiger partial charge is 0.384 e. The molecule has 0 saturated heterocycles. The monoisotopic (exact) mass is 230 g/mol. The highest BCUT2D eigenvalue weighted by Gasteiger charge is 1.94. The second-order valence-electron chi connectivity index (χ2n) is 3.58. The number of halogens is 1. The van der Waals surface area contributed by atoms with Gasteiger partial charge in [0.25, 0.3) is 0 Å². The van der Waals surface area contributed by atoms with Gasteiger partial charge in [-0.2, -0.15) is 0 Å². The van der Waals surface area contributed by atoms with E-state index in [0.717, 1.165) is 23.7 Å². The fourth-order valence-electron chi connectivity index (χ4n) is 1.53. The van der Waals surface area contributed by atoms with Crippen LogP contribution in [0.25, 0.3) is 0 Å². The summed E-state index contributed by atoms with van der Waals surface area (Å²) in [6.07, 6.45) is 1.00. The number of rotatable bonds is 4. The van der Waals surface area contributed by atoms with Gasteiger partial charge in [-0.05, 0) is 24.1 Å². The number of hydrogen-bond acceptors (Lipinski definition) is 1. The van der Waals surface area contributed by atoms with Gasteiger partial charge in [0.15, 0.2) is 0 Å². The molecule has 2 heteroatoms. The van der Waals surface area contributed by atoms with Crippen LogP contribution in [0.5, 0.6) is 0 Å². The SMILES string of the molecule is Clc1cc[c]c(NCCc2ccccc2)c1. The lowest BCUT2D eigenvalue weighted by atomic mass is 10.1. The van der Waals surface area contributed by atoms with Crippen molar-refractivity contribution >= 4 is 17.3 Å². The molecular weight excluding hydrogens is 218 g/mol. The van der Waals surface area contributed by atoms with E-state index in [1.807, 2.05) is 24.3 Å². The molecule has 0 aliphatic heterocycles. The summed E-state index contributed by atoms with van der Waals surface area (Å²) in [6, 6.07) is 19.0. The summed E-state index contributed by atoms with van der Waals surface area (Å²) in [5.74, 6) is 0. The molecule has 81 valence electrons. The topological polar surface area (TPSA) is 12.0 Å². The quantitative estimate of drug-likeness (QED) is 0.843. The normalized spacial score (nSPS) is 10.1. The molecule has 2 rings (SSSR count). The van der Waals surface area contributed by atoms with E-state index in [-0.39, 0.29) is 0 Å². The summed E-state index contributed by atoms with van der Waals surface area (Å²) in [5, 5.41) is 4.03. The lowest BCUT2D eigenvalue weighted by Gasteiger charge is -2.06. The van der Waals surface area contributed by atoms with Gasteiger partial charge in [0.1, 0.15) is 0 Å². The van der Waals surface area contributed by atoms with Crippen LogP contribution in [0.3, 0.4) is 0 Å². The second kappa shape index (κ2) is 5.57. The third-order valence-corrected chi connectivity index (χ3v) is 2.57. The van der Waals surface area contributed by atoms with E-state index in [1.54, 1.807) is 0 Å². The van der Waals surface area contributed by atoms with Crippen LogP contribution in [0.2, 0.25) is 5.02 Å². The molecule has 0 spiro atoms. The minimum Gasteiger partial charge on any atom is -0.384 e. The van der Waals surface area contributed by atoms with E-state index in [1.165, 1.54) is 5.56 Å². The lowest BCUT2D eigenvalue weighted by Crippen LogP contribution is -2.04. The van der Waals surface area contributed by atoms with Gasteiger partial charge in [0, 0.05) is 23.3 Å². The number of nitrogens with one attached hydrogen (secondary N) is 1. The third-order valence-electron chi connectivity index (χ3n) is 2.34. The molecule has 0 aliphatic rings. The van der Waals surface area contributed by atoms with Crippen molar-refractivity contribution in [2.24, 2.45) is 0 Å². The molecule has 2 aromatic carbocycles. The Morgan fingerprint density at radius 3 is 2.69 bits per heavy atom. The van der Waals surface area contributed by atoms with Gasteiger partial charge < -0.3 is 5.32 Å². The van der Waals surface area contributed by atoms with Crippen molar-refractivity contribution in [2.75, 3.05) is 11.9 Å². The molecule has 0 aromatic heterocycles. The molecule has 0 saturated carbocycles. The van der Waals surface area contributed by atoms with Gasteiger partial charge in [-0.3, -0.25) is 0 Å². The van der Waals surface area contributed by atoms with E-state index in [4.69, 9.17) is 11.6 Å². The first-order chi connectivity index (χ1) is 7.84. The maximum Gasteiger partial charge on any atom is 0.0435 e. The Kier molecular flexibility index (Phi) is 3.84. The minimum absolute atomic E-state index is 0.737. The molecule has 0 aliphatic carbocycles. The first-order valence-corrected chi connectivity index (χ1v) is 5.67. The zero-order valence-electron chi connectivity index (χ0n) is 8.91. The van der Waals surface area contributed by atoms with Gasteiger partial charge in [0.2, 0.25) is 0 Å². The molecule has 0 amide bonds. The average Bonchev–Trinajstić information content (AvgIpc) is 2.30. The highest BCUT2D eigenvalue weighted by atomic mass is 35.5. The van der Waals surface area contributed by atoms with Crippen LogP contribution in [-0.2, 0) is 6.42 Å². The summed E-state index contributed by atoms with van der Waals surface area (Å²) in [6.45, 7) is 0.890. The van der Waals surface area contributed by atoms with Gasteiger partial charge >= 0.3 is 0 Å². The molecule has 16 heavy (non-hydrogen) atoms. The number of anilines is 1. The van der Waals surface area contributed by atoms with Crippen LogP contribution >= 0.6 is 11.6 Å². The highest BCUT2D eigenvalue weighted by Crippen LogP contribution is 2.14. The van der Waals surface area contributed by atoms with Crippen LogP contribution < -0.4 is 5.32 Å². The zero-order chi connectivity index (χ0) is 11.2. The van der Waals surface area contributed by atoms with Crippen molar-refractivity contribution in [1.82, 2.24) is 0 Å². The number of benzene rings is 2. The Morgan fingerprint density at radius 2 is 1.94 bits per heavy atom. The van der Waals surface area contributed by atoms with E-state index < -0.39 is 0 Å². The van der Waals surface area contributed by atoms with E-state index in [9.17, 15) is 0 Å². The predicted molar refractivity (Wildman–Crippen MR) is 68.9 cm³/mol. The fraction of sp³-hybridized carbons (Fsp3) is 0.143. The van der Waals surface area contributed by atoms with Crippen LogP contribution in [0.15, 0.2) is 48.5 Å². The van der Waals surface area contributed by atoms with Crippen molar-refractivity contribution in [3.8, 4) is 0 Å². The second-order valence-corrected chi connectivity index (χ2v) is 4.02. The smallest absolute Gasteiger partial charge is 0.0435 e. The van der Waals surface area contributed by atoms with Crippen molar-refractivity contribution in [3.63, 3.8) is 0 Å². The van der Waals surface area contributed by atoms with Crippen LogP contribution in [0, 0.1) is 6.07 Å². The van der Waals surface area contributed by atoms with E-state index in [0.29, 0.717) is 0 Å². The summed E-state index contributed by atoms with van der Waals surface area (Å²) >= 11 is 5.88. The lowest BCUT2D eigenvalue weighted by molar-refractivity contribution is 1.02. The third kappa shape index (κ3) is 3.28. The summed E-state index contributed by atoms with van der Waals surface area (Å²) in [5.41, 5.74) is 2.28. The molecule has 1 nitrogen and oxygen atoms in total. The van der Waals surface area contributed by atoms with Crippen molar-refractivity contribution in [2.45, 2.75) is 6.42 Å². The maximum absolute atomic E-state index is 5.88. The molecule has 0 atom stereocenters. The molecule has 1 N–H and O–H groups in total. The Labute approximate surface area is 101 Å². The van der Waals surface area contributed by atoms with Crippen LogP contribution in [0.4, 0.5) is 5.69 Å². The molecular formula is C14H13ClN. The molecule has 0 bridgehead atoms. The Bertz CT molecular complexity index is 439. The van der Waals surface area contributed by atoms with Gasteiger partial charge in [0.05, 0.1) is 0 Å². The minimum atomic E-state index is 0.737. The Hall–Kier alpha value is -1.47. The van der Waals surface area contributed by atoms with E-state index >= 15 is 0 Å².